The van der Waals surface area contributed by atoms with E-state index < -0.39 is 0 Å². The quantitative estimate of drug-likeness (QED) is 0.176. The maximum absolute atomic E-state index is 13.1. The lowest BCUT2D eigenvalue weighted by Gasteiger charge is -2.37. The van der Waals surface area contributed by atoms with Crippen molar-refractivity contribution < 1.29 is 8.78 Å². The summed E-state index contributed by atoms with van der Waals surface area (Å²) >= 11 is 0. The Kier molecular flexibility index (Phi) is 10.5. The van der Waals surface area contributed by atoms with E-state index in [9.17, 15) is 8.78 Å². The van der Waals surface area contributed by atoms with Crippen LogP contribution >= 0.6 is 0 Å². The Morgan fingerprint density at radius 3 is 1.28 bits per heavy atom. The zero-order chi connectivity index (χ0) is 37.9. The van der Waals surface area contributed by atoms with E-state index in [-0.39, 0.29) is 23.7 Å². The fraction of sp³-hybridized carbons (Fsp3) is 0.273. The van der Waals surface area contributed by atoms with E-state index >= 15 is 0 Å². The van der Waals surface area contributed by atoms with Crippen LogP contribution in [0.3, 0.4) is 0 Å². The van der Waals surface area contributed by atoms with Gasteiger partial charge in [-0.3, -0.25) is 0 Å². The van der Waals surface area contributed by atoms with Crippen molar-refractivity contribution in [2.75, 3.05) is 33.5 Å². The number of fused-ring (bicyclic) bond motifs is 2. The minimum atomic E-state index is -0.261. The van der Waals surface area contributed by atoms with E-state index in [1.807, 2.05) is 13.8 Å². The fourth-order valence-electron chi connectivity index (χ4n) is 7.35. The maximum atomic E-state index is 13.1. The van der Waals surface area contributed by atoms with E-state index in [0.29, 0.717) is 11.9 Å². The third-order valence-electron chi connectivity index (χ3n) is 10.7. The van der Waals surface area contributed by atoms with Crippen LogP contribution in [-0.4, -0.2) is 33.0 Å². The van der Waals surface area contributed by atoms with Crippen LogP contribution in [0.25, 0.3) is 0 Å². The molecular formula is C44H46F2N8. The number of aryl methyl sites for hydroxylation is 2. The summed E-state index contributed by atoms with van der Waals surface area (Å²) in [6.07, 6.45) is 2.01. The molecule has 8 rings (SSSR count). The zero-order valence-corrected chi connectivity index (χ0v) is 31.7. The summed E-state index contributed by atoms with van der Waals surface area (Å²) in [5, 5.41) is 6.39. The van der Waals surface area contributed by atoms with Crippen molar-refractivity contribution >= 4 is 34.9 Å². The molecule has 1 unspecified atom stereocenters. The molecule has 2 aliphatic heterocycles. The van der Waals surface area contributed by atoms with E-state index in [4.69, 9.17) is 9.97 Å². The van der Waals surface area contributed by atoms with Crippen LogP contribution in [0.2, 0.25) is 0 Å². The Balaban J connectivity index is 0.000000167. The minimum Gasteiger partial charge on any atom is -0.349 e. The third-order valence-corrected chi connectivity index (χ3v) is 10.7. The van der Waals surface area contributed by atoms with Gasteiger partial charge < -0.3 is 20.4 Å². The van der Waals surface area contributed by atoms with Crippen LogP contribution in [0.1, 0.15) is 70.7 Å². The van der Waals surface area contributed by atoms with Crippen molar-refractivity contribution in [1.29, 1.82) is 0 Å². The van der Waals surface area contributed by atoms with Crippen molar-refractivity contribution in [1.82, 2.24) is 19.9 Å². The summed E-state index contributed by atoms with van der Waals surface area (Å²) in [5.41, 5.74) is 11.1. The third kappa shape index (κ3) is 7.74. The van der Waals surface area contributed by atoms with Gasteiger partial charge in [-0.05, 0) is 125 Å². The van der Waals surface area contributed by atoms with E-state index in [1.165, 1.54) is 46.5 Å². The number of anilines is 6. The molecule has 0 saturated carbocycles. The SMILES string of the molecule is Cc1nc(Nc2ccc(F)cc2)nc(N2CCc3ccccc3C2C)c1C.Cc1nc(Nc2ccc(F)cc2)nc(N2CCc3ccccc3[C@@H]2C)c1C. The number of aromatic nitrogens is 4. The second-order valence-corrected chi connectivity index (χ2v) is 14.1. The second-order valence-electron chi connectivity index (χ2n) is 14.1. The number of hydrogen-bond acceptors (Lipinski definition) is 8. The minimum absolute atomic E-state index is 0.252. The van der Waals surface area contributed by atoms with Crippen molar-refractivity contribution in [3.8, 4) is 0 Å². The predicted molar refractivity (Wildman–Crippen MR) is 214 cm³/mol. The Hall–Kier alpha value is -5.90. The lowest BCUT2D eigenvalue weighted by Crippen LogP contribution is -2.35. The lowest BCUT2D eigenvalue weighted by molar-refractivity contribution is 0.614. The second kappa shape index (κ2) is 15.6. The summed E-state index contributed by atoms with van der Waals surface area (Å²) in [6, 6.07) is 30.2. The first-order valence-electron chi connectivity index (χ1n) is 18.5. The summed E-state index contributed by atoms with van der Waals surface area (Å²) in [7, 11) is 0. The van der Waals surface area contributed by atoms with Gasteiger partial charge >= 0.3 is 0 Å². The van der Waals surface area contributed by atoms with Gasteiger partial charge in [-0.1, -0.05) is 48.5 Å². The molecule has 276 valence electrons. The Morgan fingerprint density at radius 2 is 0.889 bits per heavy atom. The topological polar surface area (TPSA) is 82.1 Å². The van der Waals surface area contributed by atoms with Crippen LogP contribution in [-0.2, 0) is 12.8 Å². The molecule has 8 nitrogen and oxygen atoms in total. The average molecular weight is 725 g/mol. The fourth-order valence-corrected chi connectivity index (χ4v) is 7.35. The van der Waals surface area contributed by atoms with Gasteiger partial charge in [-0.15, -0.1) is 0 Å². The number of nitrogens with zero attached hydrogens (tertiary/aromatic N) is 6. The normalized spacial score (nSPS) is 16.1. The molecule has 0 bridgehead atoms. The highest BCUT2D eigenvalue weighted by atomic mass is 19.1. The van der Waals surface area contributed by atoms with Crippen molar-refractivity contribution in [2.24, 2.45) is 0 Å². The standard InChI is InChI=1S/2C22H23FN4/c2*1-14-15(2)24-22(25-19-10-8-18(23)9-11-19)26-21(14)27-13-12-17-6-4-5-7-20(17)16(27)3/h2*4-11,16H,12-13H2,1-3H3,(H,24,25,26)/t16-;/m0./s1. The number of rotatable bonds is 6. The smallest absolute Gasteiger partial charge is 0.229 e. The van der Waals surface area contributed by atoms with Crippen LogP contribution in [0.5, 0.6) is 0 Å². The molecule has 0 radical (unpaired) electrons. The molecule has 2 N–H and O–H groups in total. The van der Waals surface area contributed by atoms with Crippen molar-refractivity contribution in [3.05, 3.63) is 153 Å². The van der Waals surface area contributed by atoms with Gasteiger partial charge in [-0.2, -0.15) is 9.97 Å². The highest BCUT2D eigenvalue weighted by Crippen LogP contribution is 2.37. The van der Waals surface area contributed by atoms with Gasteiger partial charge in [0.25, 0.3) is 0 Å². The molecule has 0 saturated heterocycles. The van der Waals surface area contributed by atoms with Gasteiger partial charge in [0.15, 0.2) is 0 Å². The lowest BCUT2D eigenvalue weighted by atomic mass is 9.93. The van der Waals surface area contributed by atoms with Crippen molar-refractivity contribution in [2.45, 2.75) is 66.5 Å². The largest absolute Gasteiger partial charge is 0.349 e. The van der Waals surface area contributed by atoms with Gasteiger partial charge in [0, 0.05) is 47.0 Å². The maximum Gasteiger partial charge on any atom is 0.229 e. The molecular weight excluding hydrogens is 679 g/mol. The summed E-state index contributed by atoms with van der Waals surface area (Å²) in [6.45, 7) is 14.4. The molecule has 54 heavy (non-hydrogen) atoms. The molecule has 2 aromatic heterocycles. The molecule has 0 amide bonds. The molecule has 4 aromatic carbocycles. The zero-order valence-electron chi connectivity index (χ0n) is 31.7. The summed E-state index contributed by atoms with van der Waals surface area (Å²) < 4.78 is 26.3. The summed E-state index contributed by atoms with van der Waals surface area (Å²) in [5.74, 6) is 2.45. The Morgan fingerprint density at radius 1 is 0.519 bits per heavy atom. The molecule has 0 fully saturated rings. The highest BCUT2D eigenvalue weighted by molar-refractivity contribution is 5.61. The molecule has 0 spiro atoms. The van der Waals surface area contributed by atoms with E-state index in [0.717, 1.165) is 71.5 Å². The van der Waals surface area contributed by atoms with Gasteiger partial charge in [0.05, 0.1) is 12.1 Å². The van der Waals surface area contributed by atoms with Gasteiger partial charge in [-0.25, -0.2) is 18.7 Å². The van der Waals surface area contributed by atoms with Crippen molar-refractivity contribution in [3.63, 3.8) is 0 Å². The number of nitrogens with one attached hydrogen (secondary N) is 2. The first-order chi connectivity index (χ1) is 26.0. The monoisotopic (exact) mass is 724 g/mol. The van der Waals surface area contributed by atoms with Crippen LogP contribution < -0.4 is 20.4 Å². The molecule has 6 aromatic rings. The number of hydrogen-bond donors (Lipinski definition) is 2. The Labute approximate surface area is 316 Å². The summed E-state index contributed by atoms with van der Waals surface area (Å²) in [4.78, 5) is 23.5. The van der Waals surface area contributed by atoms with E-state index in [1.54, 1.807) is 24.3 Å². The molecule has 4 heterocycles. The first kappa shape index (κ1) is 36.5. The highest BCUT2D eigenvalue weighted by Gasteiger charge is 2.28. The molecule has 10 heteroatoms. The van der Waals surface area contributed by atoms with Gasteiger partial charge in [0.1, 0.15) is 23.3 Å². The van der Waals surface area contributed by atoms with E-state index in [2.05, 4.69) is 107 Å². The van der Waals surface area contributed by atoms with Crippen LogP contribution in [0.4, 0.5) is 43.7 Å². The average Bonchev–Trinajstić information content (AvgIpc) is 3.17. The molecule has 0 aliphatic carbocycles. The molecule has 2 aliphatic rings. The Bertz CT molecular complexity index is 2100. The first-order valence-corrected chi connectivity index (χ1v) is 18.5. The van der Waals surface area contributed by atoms with Gasteiger partial charge in [0.2, 0.25) is 11.9 Å². The number of halogens is 2. The molecule has 2 atom stereocenters. The predicted octanol–water partition coefficient (Wildman–Crippen LogP) is 10.2. The number of benzene rings is 4. The van der Waals surface area contributed by atoms with Crippen LogP contribution in [0.15, 0.2) is 97.1 Å². The van der Waals surface area contributed by atoms with Crippen LogP contribution in [0, 0.1) is 39.3 Å².